The molecule has 0 spiro atoms. The zero-order valence-electron chi connectivity index (χ0n) is 7.09. The SMILES string of the molecule is CCCc1ccnc(NC)c1. The molecular formula is C9H14N2. The van der Waals surface area contributed by atoms with Crippen LogP contribution in [0.25, 0.3) is 0 Å². The van der Waals surface area contributed by atoms with E-state index in [1.807, 2.05) is 13.2 Å². The van der Waals surface area contributed by atoms with E-state index >= 15 is 0 Å². The standard InChI is InChI=1S/C9H14N2/c1-3-4-8-5-6-11-9(7-8)10-2/h5-7H,3-4H2,1-2H3,(H,10,11). The number of rotatable bonds is 3. The minimum absolute atomic E-state index is 0.955. The van der Waals surface area contributed by atoms with Crippen molar-refractivity contribution in [1.82, 2.24) is 4.98 Å². The molecule has 0 aliphatic rings. The van der Waals surface area contributed by atoms with Gasteiger partial charge in [0.2, 0.25) is 0 Å². The van der Waals surface area contributed by atoms with E-state index in [0.717, 1.165) is 12.2 Å². The van der Waals surface area contributed by atoms with Crippen molar-refractivity contribution < 1.29 is 0 Å². The average Bonchev–Trinajstić information content (AvgIpc) is 2.06. The van der Waals surface area contributed by atoms with Gasteiger partial charge in [-0.3, -0.25) is 0 Å². The normalized spacial score (nSPS) is 9.64. The minimum Gasteiger partial charge on any atom is -0.373 e. The van der Waals surface area contributed by atoms with Crippen LogP contribution in [0.2, 0.25) is 0 Å². The van der Waals surface area contributed by atoms with Gasteiger partial charge in [0.1, 0.15) is 5.82 Å². The molecular weight excluding hydrogens is 136 g/mol. The lowest BCUT2D eigenvalue weighted by Crippen LogP contribution is -1.93. The molecule has 60 valence electrons. The van der Waals surface area contributed by atoms with Gasteiger partial charge in [-0.15, -0.1) is 0 Å². The van der Waals surface area contributed by atoms with Crippen molar-refractivity contribution in [1.29, 1.82) is 0 Å². The zero-order valence-corrected chi connectivity index (χ0v) is 7.09. The summed E-state index contributed by atoms with van der Waals surface area (Å²) < 4.78 is 0. The Morgan fingerprint density at radius 3 is 3.00 bits per heavy atom. The predicted octanol–water partition coefficient (Wildman–Crippen LogP) is 2.08. The molecule has 0 atom stereocenters. The average molecular weight is 150 g/mol. The molecule has 0 saturated heterocycles. The van der Waals surface area contributed by atoms with Crippen LogP contribution < -0.4 is 5.32 Å². The molecule has 0 aliphatic heterocycles. The van der Waals surface area contributed by atoms with Crippen molar-refractivity contribution in [3.05, 3.63) is 23.9 Å². The number of hydrogen-bond donors (Lipinski definition) is 1. The number of aromatic nitrogens is 1. The fourth-order valence-electron chi connectivity index (χ4n) is 1.06. The predicted molar refractivity (Wildman–Crippen MR) is 47.8 cm³/mol. The fourth-order valence-corrected chi connectivity index (χ4v) is 1.06. The number of anilines is 1. The maximum atomic E-state index is 4.13. The van der Waals surface area contributed by atoms with Crippen LogP contribution in [-0.4, -0.2) is 12.0 Å². The molecule has 0 bridgehead atoms. The first kappa shape index (κ1) is 8.05. The molecule has 2 heteroatoms. The first-order chi connectivity index (χ1) is 5.36. The van der Waals surface area contributed by atoms with Crippen molar-refractivity contribution in [2.24, 2.45) is 0 Å². The second kappa shape index (κ2) is 3.96. The van der Waals surface area contributed by atoms with Gasteiger partial charge in [0, 0.05) is 13.2 Å². The number of pyridine rings is 1. The summed E-state index contributed by atoms with van der Waals surface area (Å²) in [7, 11) is 1.89. The van der Waals surface area contributed by atoms with Gasteiger partial charge in [-0.05, 0) is 24.1 Å². The van der Waals surface area contributed by atoms with Crippen molar-refractivity contribution >= 4 is 5.82 Å². The molecule has 0 unspecified atom stereocenters. The molecule has 1 rings (SSSR count). The summed E-state index contributed by atoms with van der Waals surface area (Å²) >= 11 is 0. The summed E-state index contributed by atoms with van der Waals surface area (Å²) in [6.45, 7) is 2.18. The molecule has 1 aromatic heterocycles. The quantitative estimate of drug-likeness (QED) is 0.713. The monoisotopic (exact) mass is 150 g/mol. The fraction of sp³-hybridized carbons (Fsp3) is 0.444. The van der Waals surface area contributed by atoms with E-state index in [1.54, 1.807) is 0 Å². The Hall–Kier alpha value is -1.05. The van der Waals surface area contributed by atoms with Gasteiger partial charge in [0.15, 0.2) is 0 Å². The van der Waals surface area contributed by atoms with Gasteiger partial charge in [-0.2, -0.15) is 0 Å². The van der Waals surface area contributed by atoms with E-state index < -0.39 is 0 Å². The Morgan fingerprint density at radius 2 is 2.36 bits per heavy atom. The number of nitrogens with zero attached hydrogens (tertiary/aromatic N) is 1. The Kier molecular flexibility index (Phi) is 2.90. The van der Waals surface area contributed by atoms with Gasteiger partial charge in [-0.1, -0.05) is 13.3 Å². The van der Waals surface area contributed by atoms with Crippen LogP contribution in [0, 0.1) is 0 Å². The molecule has 0 radical (unpaired) electrons. The first-order valence-corrected chi connectivity index (χ1v) is 3.99. The van der Waals surface area contributed by atoms with Gasteiger partial charge < -0.3 is 5.32 Å². The molecule has 11 heavy (non-hydrogen) atoms. The summed E-state index contributed by atoms with van der Waals surface area (Å²) in [5, 5.41) is 3.01. The maximum absolute atomic E-state index is 4.13. The summed E-state index contributed by atoms with van der Waals surface area (Å²) in [6.07, 6.45) is 4.17. The molecule has 1 heterocycles. The van der Waals surface area contributed by atoms with Gasteiger partial charge in [0.25, 0.3) is 0 Å². The Balaban J connectivity index is 2.74. The first-order valence-electron chi connectivity index (χ1n) is 3.99. The summed E-state index contributed by atoms with van der Waals surface area (Å²) in [5.41, 5.74) is 1.35. The largest absolute Gasteiger partial charge is 0.373 e. The van der Waals surface area contributed by atoms with Crippen molar-refractivity contribution in [3.63, 3.8) is 0 Å². The molecule has 0 saturated carbocycles. The molecule has 0 amide bonds. The number of aryl methyl sites for hydroxylation is 1. The highest BCUT2D eigenvalue weighted by molar-refractivity contribution is 5.36. The Labute approximate surface area is 67.7 Å². The lowest BCUT2D eigenvalue weighted by molar-refractivity contribution is 0.918. The van der Waals surface area contributed by atoms with E-state index in [1.165, 1.54) is 12.0 Å². The lowest BCUT2D eigenvalue weighted by Gasteiger charge is -2.01. The zero-order chi connectivity index (χ0) is 8.10. The van der Waals surface area contributed by atoms with E-state index in [0.29, 0.717) is 0 Å². The molecule has 1 N–H and O–H groups in total. The molecule has 2 nitrogen and oxygen atoms in total. The van der Waals surface area contributed by atoms with E-state index in [2.05, 4.69) is 29.4 Å². The van der Waals surface area contributed by atoms with Crippen molar-refractivity contribution in [2.45, 2.75) is 19.8 Å². The number of hydrogen-bond acceptors (Lipinski definition) is 2. The second-order valence-corrected chi connectivity index (χ2v) is 2.55. The maximum Gasteiger partial charge on any atom is 0.125 e. The Morgan fingerprint density at radius 1 is 1.55 bits per heavy atom. The van der Waals surface area contributed by atoms with Crippen LogP contribution in [0.5, 0.6) is 0 Å². The van der Waals surface area contributed by atoms with Crippen LogP contribution in [0.3, 0.4) is 0 Å². The van der Waals surface area contributed by atoms with Crippen LogP contribution in [-0.2, 0) is 6.42 Å². The number of nitrogens with one attached hydrogen (secondary N) is 1. The topological polar surface area (TPSA) is 24.9 Å². The van der Waals surface area contributed by atoms with Gasteiger partial charge >= 0.3 is 0 Å². The van der Waals surface area contributed by atoms with Crippen LogP contribution in [0.1, 0.15) is 18.9 Å². The summed E-state index contributed by atoms with van der Waals surface area (Å²) in [4.78, 5) is 4.13. The smallest absolute Gasteiger partial charge is 0.125 e. The second-order valence-electron chi connectivity index (χ2n) is 2.55. The van der Waals surface area contributed by atoms with Crippen LogP contribution in [0.4, 0.5) is 5.82 Å². The summed E-state index contributed by atoms with van der Waals surface area (Å²) in [5.74, 6) is 0.955. The Bertz CT molecular complexity index is 221. The van der Waals surface area contributed by atoms with E-state index in [4.69, 9.17) is 0 Å². The highest BCUT2D eigenvalue weighted by Gasteiger charge is 1.92. The highest BCUT2D eigenvalue weighted by Crippen LogP contribution is 2.07. The lowest BCUT2D eigenvalue weighted by atomic mass is 10.1. The van der Waals surface area contributed by atoms with E-state index in [-0.39, 0.29) is 0 Å². The molecule has 0 aliphatic carbocycles. The van der Waals surface area contributed by atoms with Crippen LogP contribution in [0.15, 0.2) is 18.3 Å². The molecule has 1 aromatic rings. The minimum atomic E-state index is 0.955. The summed E-state index contributed by atoms with van der Waals surface area (Å²) in [6, 6.07) is 4.15. The third kappa shape index (κ3) is 2.22. The van der Waals surface area contributed by atoms with Crippen LogP contribution >= 0.6 is 0 Å². The van der Waals surface area contributed by atoms with E-state index in [9.17, 15) is 0 Å². The third-order valence-electron chi connectivity index (χ3n) is 1.62. The van der Waals surface area contributed by atoms with Gasteiger partial charge in [0.05, 0.1) is 0 Å². The third-order valence-corrected chi connectivity index (χ3v) is 1.62. The highest BCUT2D eigenvalue weighted by atomic mass is 14.9. The molecule has 0 aromatic carbocycles. The van der Waals surface area contributed by atoms with Crippen molar-refractivity contribution in [3.8, 4) is 0 Å². The van der Waals surface area contributed by atoms with Crippen molar-refractivity contribution in [2.75, 3.05) is 12.4 Å². The molecule has 0 fully saturated rings. The van der Waals surface area contributed by atoms with Gasteiger partial charge in [-0.25, -0.2) is 4.98 Å².